The van der Waals surface area contributed by atoms with Gasteiger partial charge in [0, 0.05) is 0 Å². The molecule has 1 nitrogen and oxygen atoms in total. The Kier molecular flexibility index (Phi) is 3.86. The Morgan fingerprint density at radius 1 is 1.33 bits per heavy atom. The van der Waals surface area contributed by atoms with Gasteiger partial charge in [0.05, 0.1) is 6.10 Å². The van der Waals surface area contributed by atoms with Crippen molar-refractivity contribution in [2.45, 2.75) is 39.7 Å². The maximum Gasteiger partial charge on any atom is 0.126 e. The van der Waals surface area contributed by atoms with Crippen molar-refractivity contribution in [3.63, 3.8) is 0 Å². The average molecular weight is 248 g/mol. The van der Waals surface area contributed by atoms with Crippen molar-refractivity contribution in [2.75, 3.05) is 0 Å². The SMILES string of the molecule is CC1=CC(C)CC(C(O)c2ccc(F)c(C)c2)C1. The number of allylic oxidation sites excluding steroid dienone is 2. The lowest BCUT2D eigenvalue weighted by Gasteiger charge is -2.29. The number of hydrogen-bond acceptors (Lipinski definition) is 1. The van der Waals surface area contributed by atoms with E-state index in [1.165, 1.54) is 11.6 Å². The summed E-state index contributed by atoms with van der Waals surface area (Å²) in [5, 5.41) is 10.4. The molecule has 1 aliphatic rings. The molecule has 0 spiro atoms. The Balaban J connectivity index is 2.18. The summed E-state index contributed by atoms with van der Waals surface area (Å²) in [5.41, 5.74) is 2.78. The third-order valence-electron chi connectivity index (χ3n) is 3.80. The first kappa shape index (κ1) is 13.3. The van der Waals surface area contributed by atoms with Crippen LogP contribution in [0.4, 0.5) is 4.39 Å². The van der Waals surface area contributed by atoms with Crippen LogP contribution in [0.2, 0.25) is 0 Å². The fourth-order valence-corrected chi connectivity index (χ4v) is 2.96. The van der Waals surface area contributed by atoms with Crippen molar-refractivity contribution in [3.05, 3.63) is 46.8 Å². The highest BCUT2D eigenvalue weighted by Crippen LogP contribution is 2.36. The van der Waals surface area contributed by atoms with Gasteiger partial charge in [0.2, 0.25) is 0 Å². The zero-order chi connectivity index (χ0) is 13.3. The molecule has 18 heavy (non-hydrogen) atoms. The minimum Gasteiger partial charge on any atom is -0.388 e. The van der Waals surface area contributed by atoms with E-state index in [1.54, 1.807) is 19.1 Å². The van der Waals surface area contributed by atoms with Gasteiger partial charge in [0.15, 0.2) is 0 Å². The quantitative estimate of drug-likeness (QED) is 0.779. The summed E-state index contributed by atoms with van der Waals surface area (Å²) >= 11 is 0. The highest BCUT2D eigenvalue weighted by Gasteiger charge is 2.26. The molecule has 2 heteroatoms. The smallest absolute Gasteiger partial charge is 0.126 e. The van der Waals surface area contributed by atoms with E-state index < -0.39 is 6.10 Å². The van der Waals surface area contributed by atoms with Crippen LogP contribution in [0.5, 0.6) is 0 Å². The number of benzene rings is 1. The van der Waals surface area contributed by atoms with Crippen molar-refractivity contribution in [1.82, 2.24) is 0 Å². The normalized spacial score (nSPS) is 25.7. The molecular weight excluding hydrogens is 227 g/mol. The van der Waals surface area contributed by atoms with Crippen molar-refractivity contribution in [3.8, 4) is 0 Å². The molecule has 1 aliphatic carbocycles. The summed E-state index contributed by atoms with van der Waals surface area (Å²) in [4.78, 5) is 0. The summed E-state index contributed by atoms with van der Waals surface area (Å²) < 4.78 is 13.2. The van der Waals surface area contributed by atoms with E-state index in [0.717, 1.165) is 18.4 Å². The topological polar surface area (TPSA) is 20.2 Å². The number of halogens is 1. The van der Waals surface area contributed by atoms with E-state index in [0.29, 0.717) is 11.5 Å². The Bertz CT molecular complexity index is 464. The van der Waals surface area contributed by atoms with E-state index in [2.05, 4.69) is 19.9 Å². The van der Waals surface area contributed by atoms with E-state index in [-0.39, 0.29) is 11.7 Å². The highest BCUT2D eigenvalue weighted by molar-refractivity contribution is 5.26. The van der Waals surface area contributed by atoms with Crippen LogP contribution in [0.15, 0.2) is 29.8 Å². The van der Waals surface area contributed by atoms with Crippen LogP contribution >= 0.6 is 0 Å². The molecule has 0 bridgehead atoms. The summed E-state index contributed by atoms with van der Waals surface area (Å²) in [6, 6.07) is 4.91. The lowest BCUT2D eigenvalue weighted by Crippen LogP contribution is -2.19. The standard InChI is InChI=1S/C16H21FO/c1-10-6-11(2)8-14(7-10)16(18)13-4-5-15(17)12(3)9-13/h4-6,9-10,14,16,18H,7-8H2,1-3H3. The lowest BCUT2D eigenvalue weighted by molar-refractivity contribution is 0.0931. The van der Waals surface area contributed by atoms with Crippen LogP contribution in [0.1, 0.15) is 43.9 Å². The van der Waals surface area contributed by atoms with Gasteiger partial charge in [-0.25, -0.2) is 4.39 Å². The summed E-state index contributed by atoms with van der Waals surface area (Å²) in [6.45, 7) is 6.03. The Hall–Kier alpha value is -1.15. The van der Waals surface area contributed by atoms with Crippen LogP contribution in [0.3, 0.4) is 0 Å². The minimum atomic E-state index is -0.490. The molecule has 3 unspecified atom stereocenters. The second kappa shape index (κ2) is 5.23. The number of hydrogen-bond donors (Lipinski definition) is 1. The fourth-order valence-electron chi connectivity index (χ4n) is 2.96. The zero-order valence-electron chi connectivity index (χ0n) is 11.3. The average Bonchev–Trinajstić information content (AvgIpc) is 2.30. The van der Waals surface area contributed by atoms with Crippen LogP contribution in [-0.2, 0) is 0 Å². The first-order valence-corrected chi connectivity index (χ1v) is 6.58. The Labute approximate surface area is 108 Å². The van der Waals surface area contributed by atoms with E-state index >= 15 is 0 Å². The number of rotatable bonds is 2. The van der Waals surface area contributed by atoms with E-state index in [9.17, 15) is 9.50 Å². The van der Waals surface area contributed by atoms with Crippen molar-refractivity contribution < 1.29 is 9.50 Å². The molecule has 0 fully saturated rings. The van der Waals surface area contributed by atoms with Crippen molar-refractivity contribution >= 4 is 0 Å². The lowest BCUT2D eigenvalue weighted by atomic mass is 9.78. The monoisotopic (exact) mass is 248 g/mol. The van der Waals surface area contributed by atoms with Gasteiger partial charge in [-0.05, 0) is 55.7 Å². The van der Waals surface area contributed by atoms with Gasteiger partial charge in [0.25, 0.3) is 0 Å². The van der Waals surface area contributed by atoms with Gasteiger partial charge < -0.3 is 5.11 Å². The molecule has 3 atom stereocenters. The maximum atomic E-state index is 13.2. The second-order valence-electron chi connectivity index (χ2n) is 5.64. The summed E-state index contributed by atoms with van der Waals surface area (Å²) in [7, 11) is 0. The van der Waals surface area contributed by atoms with Crippen LogP contribution in [0, 0.1) is 24.6 Å². The second-order valence-corrected chi connectivity index (χ2v) is 5.64. The molecule has 0 radical (unpaired) electrons. The molecule has 0 saturated carbocycles. The van der Waals surface area contributed by atoms with Gasteiger partial charge in [-0.15, -0.1) is 0 Å². The first-order chi connectivity index (χ1) is 8.47. The molecule has 0 heterocycles. The van der Waals surface area contributed by atoms with Gasteiger partial charge in [-0.3, -0.25) is 0 Å². The molecule has 98 valence electrons. The number of aliphatic hydroxyl groups is 1. The minimum absolute atomic E-state index is 0.209. The van der Waals surface area contributed by atoms with Crippen LogP contribution < -0.4 is 0 Å². The number of aliphatic hydroxyl groups excluding tert-OH is 1. The summed E-state index contributed by atoms with van der Waals surface area (Å²) in [5.74, 6) is 0.550. The fraction of sp³-hybridized carbons (Fsp3) is 0.500. The van der Waals surface area contributed by atoms with Gasteiger partial charge in [-0.1, -0.05) is 30.7 Å². The molecular formula is C16H21FO. The number of aryl methyl sites for hydroxylation is 1. The third-order valence-corrected chi connectivity index (χ3v) is 3.80. The molecule has 1 N–H and O–H groups in total. The van der Waals surface area contributed by atoms with Gasteiger partial charge >= 0.3 is 0 Å². The summed E-state index contributed by atoms with van der Waals surface area (Å²) in [6.07, 6.45) is 3.71. The molecule has 1 aromatic rings. The van der Waals surface area contributed by atoms with E-state index in [1.807, 2.05) is 0 Å². The van der Waals surface area contributed by atoms with Crippen molar-refractivity contribution in [2.24, 2.45) is 11.8 Å². The van der Waals surface area contributed by atoms with Gasteiger partial charge in [0.1, 0.15) is 5.82 Å². The van der Waals surface area contributed by atoms with Crippen molar-refractivity contribution in [1.29, 1.82) is 0 Å². The Morgan fingerprint density at radius 2 is 2.06 bits per heavy atom. The molecule has 0 aromatic heterocycles. The molecule has 0 amide bonds. The maximum absolute atomic E-state index is 13.2. The van der Waals surface area contributed by atoms with Crippen LogP contribution in [0.25, 0.3) is 0 Å². The van der Waals surface area contributed by atoms with E-state index in [4.69, 9.17) is 0 Å². The zero-order valence-corrected chi connectivity index (χ0v) is 11.3. The predicted molar refractivity (Wildman–Crippen MR) is 71.7 cm³/mol. The highest BCUT2D eigenvalue weighted by atomic mass is 19.1. The molecule has 0 saturated heterocycles. The predicted octanol–water partition coefficient (Wildman–Crippen LogP) is 4.16. The van der Waals surface area contributed by atoms with Gasteiger partial charge in [-0.2, -0.15) is 0 Å². The Morgan fingerprint density at radius 3 is 2.67 bits per heavy atom. The third kappa shape index (κ3) is 2.81. The molecule has 1 aromatic carbocycles. The molecule has 2 rings (SSSR count). The first-order valence-electron chi connectivity index (χ1n) is 6.58. The van der Waals surface area contributed by atoms with Crippen LogP contribution in [-0.4, -0.2) is 5.11 Å². The molecule has 0 aliphatic heterocycles. The largest absolute Gasteiger partial charge is 0.388 e.